The second-order valence-corrected chi connectivity index (χ2v) is 11.5. The highest BCUT2D eigenvalue weighted by atomic mass is 24.5. The lowest BCUT2D eigenvalue weighted by Gasteiger charge is -2.61. The molecule has 0 unspecified atom stereocenters. The summed E-state index contributed by atoms with van der Waals surface area (Å²) < 4.78 is 5.86. The lowest BCUT2D eigenvalue weighted by atomic mass is 9.82. The highest BCUT2D eigenvalue weighted by Crippen LogP contribution is 2.42. The van der Waals surface area contributed by atoms with Crippen molar-refractivity contribution in [2.45, 2.75) is 116 Å². The monoisotopic (exact) mass is 304 g/mol. The zero-order valence-corrected chi connectivity index (χ0v) is 17.3. The van der Waals surface area contributed by atoms with Crippen LogP contribution in [-0.2, 0) is 0 Å². The summed E-state index contributed by atoms with van der Waals surface area (Å²) >= 11 is -0.430. The minimum Gasteiger partial charge on any atom is -0.413 e. The van der Waals surface area contributed by atoms with E-state index >= 15 is 0 Å². The summed E-state index contributed by atoms with van der Waals surface area (Å²) in [4.78, 5) is 0. The Balaban J connectivity index is 2.28. The first-order chi connectivity index (χ1) is 9.39. The normalized spacial score (nSPS) is 31.6. The zero-order valence-electron chi connectivity index (χ0n) is 15.8. The van der Waals surface area contributed by atoms with Crippen LogP contribution in [0.4, 0.5) is 0 Å². The Kier molecular flexibility index (Phi) is 4.85. The Labute approximate surface area is 143 Å². The topological polar surface area (TPSA) is 6.48 Å². The van der Waals surface area contributed by atoms with Crippen molar-refractivity contribution < 1.29 is 0 Å². The van der Waals surface area contributed by atoms with Crippen molar-refractivity contribution >= 4 is 20.9 Å². The molecule has 2 aliphatic rings. The van der Waals surface area contributed by atoms with E-state index in [0.29, 0.717) is 22.2 Å². The molecule has 2 aliphatic heterocycles. The molecule has 2 heterocycles. The third kappa shape index (κ3) is 3.62. The van der Waals surface area contributed by atoms with E-state index < -0.39 is 20.9 Å². The van der Waals surface area contributed by atoms with Crippen molar-refractivity contribution in [3.05, 3.63) is 0 Å². The molecule has 0 spiro atoms. The second-order valence-electron chi connectivity index (χ2n) is 9.95. The van der Waals surface area contributed by atoms with Crippen molar-refractivity contribution in [1.29, 1.82) is 0 Å². The van der Waals surface area contributed by atoms with Gasteiger partial charge in [0, 0.05) is 0 Å². The molecule has 0 atom stereocenters. The standard InChI is InChI=1S/2C9H18N.Mg/c2*1-8(2)6-5-7-9(3,4)10-8;/h2*5-7H2,1-4H3;/q2*-1;+2. The van der Waals surface area contributed by atoms with Gasteiger partial charge < -0.3 is 6.45 Å². The molecule has 2 fully saturated rings. The Morgan fingerprint density at radius 3 is 1.00 bits per heavy atom. The maximum Gasteiger partial charge on any atom is 0.597 e. The van der Waals surface area contributed by atoms with Gasteiger partial charge in [-0.3, -0.25) is 0 Å². The van der Waals surface area contributed by atoms with Gasteiger partial charge in [0.15, 0.2) is 0 Å². The van der Waals surface area contributed by atoms with Crippen LogP contribution in [0.25, 0.3) is 0 Å². The van der Waals surface area contributed by atoms with Gasteiger partial charge >= 0.3 is 20.9 Å². The first-order valence-corrected chi connectivity index (χ1v) is 10.2. The summed E-state index contributed by atoms with van der Waals surface area (Å²) in [5, 5.41) is 0. The van der Waals surface area contributed by atoms with Crippen molar-refractivity contribution in [2.24, 2.45) is 0 Å². The van der Waals surface area contributed by atoms with E-state index in [-0.39, 0.29) is 0 Å². The number of nitrogens with zero attached hydrogens (tertiary/aromatic N) is 2. The minimum absolute atomic E-state index is 0.373. The summed E-state index contributed by atoms with van der Waals surface area (Å²) in [5.74, 6) is 0. The van der Waals surface area contributed by atoms with E-state index in [1.807, 2.05) is 0 Å². The molecule has 2 saturated heterocycles. The summed E-state index contributed by atoms with van der Waals surface area (Å²) in [7, 11) is 0. The zero-order chi connectivity index (χ0) is 16.1. The molecule has 0 bridgehead atoms. The first kappa shape index (κ1) is 18.0. The molecule has 2 rings (SSSR count). The van der Waals surface area contributed by atoms with Crippen LogP contribution in [0.15, 0.2) is 0 Å². The predicted molar refractivity (Wildman–Crippen MR) is 93.5 cm³/mol. The quantitative estimate of drug-likeness (QED) is 0.688. The van der Waals surface area contributed by atoms with Crippen molar-refractivity contribution in [2.75, 3.05) is 0 Å². The van der Waals surface area contributed by atoms with Gasteiger partial charge in [-0.1, -0.05) is 12.8 Å². The van der Waals surface area contributed by atoms with Crippen LogP contribution >= 0.6 is 0 Å². The third-order valence-corrected chi connectivity index (χ3v) is 10.3. The van der Waals surface area contributed by atoms with E-state index in [9.17, 15) is 0 Å². The Morgan fingerprint density at radius 2 is 0.762 bits per heavy atom. The van der Waals surface area contributed by atoms with Gasteiger partial charge in [-0.15, -0.1) is 0 Å². The highest BCUT2D eigenvalue weighted by molar-refractivity contribution is 6.29. The lowest BCUT2D eigenvalue weighted by Crippen LogP contribution is -2.70. The van der Waals surface area contributed by atoms with Gasteiger partial charge in [-0.2, -0.15) is 0 Å². The molecule has 2 nitrogen and oxygen atoms in total. The maximum absolute atomic E-state index is 2.93. The molecule has 0 amide bonds. The van der Waals surface area contributed by atoms with Crippen LogP contribution in [0, 0.1) is 0 Å². The number of hydrogen-bond acceptors (Lipinski definition) is 2. The fraction of sp³-hybridized carbons (Fsp3) is 1.00. The van der Waals surface area contributed by atoms with Crippen LogP contribution < -0.4 is 0 Å². The van der Waals surface area contributed by atoms with Crippen LogP contribution in [0.5, 0.6) is 0 Å². The van der Waals surface area contributed by atoms with E-state index in [2.05, 4.69) is 61.8 Å². The molecule has 0 aromatic rings. The molecular formula is C18H36MgN2. The van der Waals surface area contributed by atoms with Crippen LogP contribution in [0.1, 0.15) is 93.9 Å². The van der Waals surface area contributed by atoms with Crippen molar-refractivity contribution in [3.8, 4) is 0 Å². The smallest absolute Gasteiger partial charge is 0.413 e. The molecule has 120 valence electrons. The molecule has 0 radical (unpaired) electrons. The maximum atomic E-state index is 2.93. The molecule has 0 N–H and O–H groups in total. The van der Waals surface area contributed by atoms with Gasteiger partial charge in [0.1, 0.15) is 0 Å². The first-order valence-electron chi connectivity index (χ1n) is 8.94. The van der Waals surface area contributed by atoms with Gasteiger partial charge in [0.2, 0.25) is 0 Å². The fourth-order valence-corrected chi connectivity index (χ4v) is 7.44. The van der Waals surface area contributed by atoms with Crippen LogP contribution in [0.3, 0.4) is 0 Å². The summed E-state index contributed by atoms with van der Waals surface area (Å²) in [6, 6.07) is 0. The Morgan fingerprint density at radius 1 is 0.524 bits per heavy atom. The molecule has 0 aromatic heterocycles. The molecule has 21 heavy (non-hydrogen) atoms. The van der Waals surface area contributed by atoms with E-state index in [4.69, 9.17) is 0 Å². The average Bonchev–Trinajstić information content (AvgIpc) is 2.23. The third-order valence-electron chi connectivity index (χ3n) is 6.36. The molecule has 0 saturated carbocycles. The number of hydrogen-bond donors (Lipinski definition) is 0. The van der Waals surface area contributed by atoms with Gasteiger partial charge in [0.05, 0.1) is 0 Å². The largest absolute Gasteiger partial charge is 0.597 e. The molecule has 0 aliphatic carbocycles. The van der Waals surface area contributed by atoms with Gasteiger partial charge in [-0.25, -0.2) is 0 Å². The SMILES string of the molecule is CC1(C)CCCC(C)(C)[N]1[Mg][N]1C(C)(C)CCCC1(C)C. The molecule has 3 heteroatoms. The number of rotatable bonds is 2. The average molecular weight is 305 g/mol. The minimum atomic E-state index is -0.430. The Bertz CT molecular complexity index is 317. The Hall–Kier alpha value is 0.686. The van der Waals surface area contributed by atoms with Gasteiger partial charge in [-0.05, 0) is 103 Å². The number of piperidine rings is 2. The van der Waals surface area contributed by atoms with Gasteiger partial charge in [0.25, 0.3) is 0 Å². The van der Waals surface area contributed by atoms with E-state index in [1.165, 1.54) is 38.5 Å². The molecular weight excluding hydrogens is 269 g/mol. The highest BCUT2D eigenvalue weighted by Gasteiger charge is 2.48. The van der Waals surface area contributed by atoms with Crippen LogP contribution in [0.2, 0.25) is 0 Å². The summed E-state index contributed by atoms with van der Waals surface area (Å²) in [5.41, 5.74) is 1.49. The lowest BCUT2D eigenvalue weighted by molar-refractivity contribution is 0.00366. The van der Waals surface area contributed by atoms with Crippen LogP contribution in [-0.4, -0.2) is 49.5 Å². The van der Waals surface area contributed by atoms with E-state index in [0.717, 1.165) is 0 Å². The van der Waals surface area contributed by atoms with Crippen molar-refractivity contribution in [1.82, 2.24) is 6.45 Å². The molecule has 0 aromatic carbocycles. The fourth-order valence-electron chi connectivity index (χ4n) is 4.99. The predicted octanol–water partition coefficient (Wildman–Crippen LogP) is 4.61. The second kappa shape index (κ2) is 5.64. The van der Waals surface area contributed by atoms with E-state index in [1.54, 1.807) is 0 Å². The summed E-state index contributed by atoms with van der Waals surface area (Å²) in [6.07, 6.45) is 8.21. The summed E-state index contributed by atoms with van der Waals surface area (Å²) in [6.45, 7) is 19.8. The van der Waals surface area contributed by atoms with Crippen molar-refractivity contribution in [3.63, 3.8) is 0 Å².